The fraction of sp³-hybridized carbons (Fsp3) is 0.185. The zero-order valence-electron chi connectivity index (χ0n) is 16.7. The van der Waals surface area contributed by atoms with E-state index < -0.39 is 6.17 Å². The monoisotopic (exact) mass is 388 g/mol. The molecule has 0 aromatic heterocycles. The van der Waals surface area contributed by atoms with Gasteiger partial charge in [-0.05, 0) is 53.6 Å². The smallest absolute Gasteiger partial charge is 0.129 e. The minimum atomic E-state index is -1.01. The minimum Gasteiger partial charge on any atom is -0.242 e. The van der Waals surface area contributed by atoms with Crippen LogP contribution in [-0.2, 0) is 12.8 Å². The Morgan fingerprint density at radius 3 is 2.24 bits per heavy atom. The van der Waals surface area contributed by atoms with Crippen molar-refractivity contribution in [3.05, 3.63) is 119 Å². The Morgan fingerprint density at radius 2 is 1.55 bits per heavy atom. The highest BCUT2D eigenvalue weighted by Crippen LogP contribution is 2.22. The molecule has 3 aromatic rings. The third-order valence-electron chi connectivity index (χ3n) is 4.92. The summed E-state index contributed by atoms with van der Waals surface area (Å²) in [6.45, 7) is 1.97. The van der Waals surface area contributed by atoms with Gasteiger partial charge >= 0.3 is 0 Å². The first kappa shape index (κ1) is 20.7. The van der Waals surface area contributed by atoms with E-state index in [-0.39, 0.29) is 5.82 Å². The van der Waals surface area contributed by atoms with E-state index in [1.165, 1.54) is 0 Å². The zero-order chi connectivity index (χ0) is 20.5. The Hall–Kier alpha value is -3.00. The van der Waals surface area contributed by atoms with Gasteiger partial charge < -0.3 is 0 Å². The predicted octanol–water partition coefficient (Wildman–Crippen LogP) is 7.76. The Labute approximate surface area is 172 Å². The quantitative estimate of drug-likeness (QED) is 0.273. The van der Waals surface area contributed by atoms with Gasteiger partial charge in [-0.1, -0.05) is 91.0 Å². The molecule has 0 nitrogen and oxygen atoms in total. The van der Waals surface area contributed by atoms with Crippen LogP contribution in [0, 0.1) is 5.82 Å². The molecule has 29 heavy (non-hydrogen) atoms. The molecule has 148 valence electrons. The number of rotatable bonds is 8. The summed E-state index contributed by atoms with van der Waals surface area (Å²) in [5.74, 6) is -0.165. The number of halogens is 2. The predicted molar refractivity (Wildman–Crippen MR) is 119 cm³/mol. The van der Waals surface area contributed by atoms with Crippen molar-refractivity contribution in [2.75, 3.05) is 0 Å². The summed E-state index contributed by atoms with van der Waals surface area (Å²) < 4.78 is 28.6. The second-order valence-electron chi connectivity index (χ2n) is 7.12. The highest BCUT2D eigenvalue weighted by molar-refractivity contribution is 5.69. The lowest BCUT2D eigenvalue weighted by Crippen LogP contribution is -1.96. The fourth-order valence-electron chi connectivity index (χ4n) is 3.22. The van der Waals surface area contributed by atoms with E-state index in [2.05, 4.69) is 0 Å². The van der Waals surface area contributed by atoms with Crippen molar-refractivity contribution in [2.45, 2.75) is 32.4 Å². The number of hydrogen-bond donors (Lipinski definition) is 0. The van der Waals surface area contributed by atoms with Crippen LogP contribution in [0.4, 0.5) is 8.78 Å². The van der Waals surface area contributed by atoms with E-state index in [1.807, 2.05) is 98.0 Å². The average molecular weight is 389 g/mol. The summed E-state index contributed by atoms with van der Waals surface area (Å²) in [7, 11) is 0. The van der Waals surface area contributed by atoms with Crippen molar-refractivity contribution in [2.24, 2.45) is 0 Å². The maximum Gasteiger partial charge on any atom is 0.129 e. The standard InChI is InChI=1S/C27H26F2/c1-2-3-5-8-25-18-17-23(20-27(25)29)16-13-21-11-14-22(15-12-21)19-26(28)24-9-6-4-7-10-24/h2-4,6-7,9-18,20,26H,5,8,19H2,1H3/b3-2+,16-13?/t26-/m1/s1. The molecule has 0 bridgehead atoms. The van der Waals surface area contributed by atoms with Gasteiger partial charge in [-0.25, -0.2) is 8.78 Å². The molecule has 0 unspecified atom stereocenters. The van der Waals surface area contributed by atoms with Gasteiger partial charge in [0.1, 0.15) is 12.0 Å². The first-order chi connectivity index (χ1) is 14.2. The van der Waals surface area contributed by atoms with Crippen LogP contribution in [0.5, 0.6) is 0 Å². The van der Waals surface area contributed by atoms with Crippen molar-refractivity contribution in [1.82, 2.24) is 0 Å². The third-order valence-corrected chi connectivity index (χ3v) is 4.92. The number of alkyl halides is 1. The van der Waals surface area contributed by atoms with Crippen molar-refractivity contribution in [3.63, 3.8) is 0 Å². The number of hydrogen-bond acceptors (Lipinski definition) is 0. The number of aryl methyl sites for hydroxylation is 1. The van der Waals surface area contributed by atoms with E-state index in [0.717, 1.165) is 28.7 Å². The molecule has 3 aromatic carbocycles. The summed E-state index contributed by atoms with van der Waals surface area (Å²) in [4.78, 5) is 0. The second kappa shape index (κ2) is 10.5. The van der Waals surface area contributed by atoms with Crippen LogP contribution >= 0.6 is 0 Å². The summed E-state index contributed by atoms with van der Waals surface area (Å²) in [6.07, 6.45) is 8.77. The lowest BCUT2D eigenvalue weighted by Gasteiger charge is -2.08. The molecule has 0 heterocycles. The molecule has 3 rings (SSSR count). The van der Waals surface area contributed by atoms with Gasteiger partial charge in [0.05, 0.1) is 0 Å². The van der Waals surface area contributed by atoms with Gasteiger partial charge in [-0.3, -0.25) is 0 Å². The topological polar surface area (TPSA) is 0 Å². The Morgan fingerprint density at radius 1 is 0.862 bits per heavy atom. The van der Waals surface area contributed by atoms with E-state index in [4.69, 9.17) is 0 Å². The third kappa shape index (κ3) is 6.25. The van der Waals surface area contributed by atoms with Gasteiger partial charge in [-0.2, -0.15) is 0 Å². The van der Waals surface area contributed by atoms with Crippen molar-refractivity contribution < 1.29 is 8.78 Å². The van der Waals surface area contributed by atoms with Crippen molar-refractivity contribution in [1.29, 1.82) is 0 Å². The summed E-state index contributed by atoms with van der Waals surface area (Å²) in [6, 6.07) is 22.4. The lowest BCUT2D eigenvalue weighted by molar-refractivity contribution is 0.342. The highest BCUT2D eigenvalue weighted by Gasteiger charge is 2.09. The molecule has 0 spiro atoms. The van der Waals surface area contributed by atoms with Crippen LogP contribution in [0.25, 0.3) is 12.2 Å². The maximum absolute atomic E-state index is 14.4. The summed E-state index contributed by atoms with van der Waals surface area (Å²) in [5.41, 5.74) is 4.22. The highest BCUT2D eigenvalue weighted by atomic mass is 19.1. The Balaban J connectivity index is 1.60. The van der Waals surface area contributed by atoms with E-state index in [9.17, 15) is 8.78 Å². The van der Waals surface area contributed by atoms with Crippen LogP contribution in [0.15, 0.2) is 84.9 Å². The molecule has 0 N–H and O–H groups in total. The normalized spacial score (nSPS) is 12.7. The number of benzene rings is 3. The molecule has 1 atom stereocenters. The molecule has 0 amide bonds. The molecule has 0 aliphatic rings. The van der Waals surface area contributed by atoms with Crippen LogP contribution in [0.1, 0.15) is 47.3 Å². The zero-order valence-corrected chi connectivity index (χ0v) is 16.7. The molecule has 0 saturated carbocycles. The first-order valence-corrected chi connectivity index (χ1v) is 10.0. The second-order valence-corrected chi connectivity index (χ2v) is 7.12. The molecular formula is C27H26F2. The van der Waals surface area contributed by atoms with Crippen LogP contribution in [0.2, 0.25) is 0 Å². The van der Waals surface area contributed by atoms with Crippen molar-refractivity contribution in [3.8, 4) is 0 Å². The minimum absolute atomic E-state index is 0.165. The van der Waals surface area contributed by atoms with E-state index in [0.29, 0.717) is 18.4 Å². The van der Waals surface area contributed by atoms with Gasteiger partial charge in [-0.15, -0.1) is 0 Å². The molecule has 0 aliphatic heterocycles. The van der Waals surface area contributed by atoms with Gasteiger partial charge in [0, 0.05) is 6.42 Å². The van der Waals surface area contributed by atoms with E-state index >= 15 is 0 Å². The van der Waals surface area contributed by atoms with Crippen LogP contribution < -0.4 is 0 Å². The Bertz CT molecular complexity index is 954. The fourth-order valence-corrected chi connectivity index (χ4v) is 3.22. The largest absolute Gasteiger partial charge is 0.242 e. The van der Waals surface area contributed by atoms with Crippen LogP contribution in [0.3, 0.4) is 0 Å². The molecular weight excluding hydrogens is 362 g/mol. The van der Waals surface area contributed by atoms with Crippen molar-refractivity contribution >= 4 is 12.2 Å². The first-order valence-electron chi connectivity index (χ1n) is 10.0. The summed E-state index contributed by atoms with van der Waals surface area (Å²) >= 11 is 0. The Kier molecular flexibility index (Phi) is 7.52. The SMILES string of the molecule is C/C=C/CCc1ccc(C=Cc2ccc(C[C@@H](F)c3ccccc3)cc2)cc1F. The molecule has 0 fully saturated rings. The average Bonchev–Trinajstić information content (AvgIpc) is 2.75. The van der Waals surface area contributed by atoms with Gasteiger partial charge in [0.15, 0.2) is 0 Å². The van der Waals surface area contributed by atoms with Crippen LogP contribution in [-0.4, -0.2) is 0 Å². The molecule has 0 saturated heterocycles. The summed E-state index contributed by atoms with van der Waals surface area (Å²) in [5, 5.41) is 0. The maximum atomic E-state index is 14.4. The molecule has 2 heteroatoms. The molecule has 0 aliphatic carbocycles. The molecule has 0 radical (unpaired) electrons. The van der Waals surface area contributed by atoms with E-state index in [1.54, 1.807) is 6.07 Å². The lowest BCUT2D eigenvalue weighted by atomic mass is 10.0. The number of allylic oxidation sites excluding steroid dienone is 2. The van der Waals surface area contributed by atoms with Gasteiger partial charge in [0.25, 0.3) is 0 Å². The van der Waals surface area contributed by atoms with Gasteiger partial charge in [0.2, 0.25) is 0 Å².